The van der Waals surface area contributed by atoms with E-state index in [1.54, 1.807) is 13.2 Å². The maximum Gasteiger partial charge on any atom is 0.363 e. The number of carbonyl (C=O) groups is 1. The van der Waals surface area contributed by atoms with Gasteiger partial charge >= 0.3 is 5.97 Å². The number of thiophene rings is 1. The number of aliphatic imine (C=N–C) groups is 1. The van der Waals surface area contributed by atoms with Crippen LogP contribution >= 0.6 is 11.3 Å². The predicted octanol–water partition coefficient (Wildman–Crippen LogP) is 4.99. The van der Waals surface area contributed by atoms with Gasteiger partial charge in [0.25, 0.3) is 0 Å². The molecule has 1 aliphatic rings. The number of ether oxygens (including phenoxy) is 3. The van der Waals surface area contributed by atoms with Crippen molar-refractivity contribution in [2.75, 3.05) is 7.11 Å². The van der Waals surface area contributed by atoms with Gasteiger partial charge in [-0.15, -0.1) is 11.3 Å². The van der Waals surface area contributed by atoms with Crippen molar-refractivity contribution in [1.82, 2.24) is 0 Å². The second-order valence-corrected chi connectivity index (χ2v) is 7.39. The van der Waals surface area contributed by atoms with Crippen LogP contribution in [0.4, 0.5) is 0 Å². The Kier molecular flexibility index (Phi) is 5.44. The van der Waals surface area contributed by atoms with Gasteiger partial charge < -0.3 is 14.2 Å². The maximum absolute atomic E-state index is 12.2. The first-order valence-corrected chi connectivity index (χ1v) is 9.94. The molecular formula is C23H19NO4S. The Bertz CT molecular complexity index is 1100. The highest BCUT2D eigenvalue weighted by atomic mass is 32.1. The summed E-state index contributed by atoms with van der Waals surface area (Å²) in [5.41, 5.74) is 3.29. The van der Waals surface area contributed by atoms with Crippen LogP contribution in [0, 0.1) is 6.92 Å². The predicted molar refractivity (Wildman–Crippen MR) is 113 cm³/mol. The van der Waals surface area contributed by atoms with Crippen LogP contribution in [0.3, 0.4) is 0 Å². The van der Waals surface area contributed by atoms with E-state index in [1.807, 2.05) is 66.9 Å². The second kappa shape index (κ2) is 8.32. The summed E-state index contributed by atoms with van der Waals surface area (Å²) in [5.74, 6) is 1.09. The van der Waals surface area contributed by atoms with Crippen molar-refractivity contribution >= 4 is 29.3 Å². The van der Waals surface area contributed by atoms with E-state index in [2.05, 4.69) is 4.99 Å². The number of hydrogen-bond acceptors (Lipinski definition) is 6. The smallest absolute Gasteiger partial charge is 0.363 e. The van der Waals surface area contributed by atoms with Crippen molar-refractivity contribution in [3.63, 3.8) is 0 Å². The highest BCUT2D eigenvalue weighted by Crippen LogP contribution is 2.31. The van der Waals surface area contributed by atoms with E-state index < -0.39 is 5.97 Å². The van der Waals surface area contributed by atoms with Crippen molar-refractivity contribution in [3.05, 3.63) is 87.2 Å². The van der Waals surface area contributed by atoms with E-state index in [4.69, 9.17) is 14.2 Å². The van der Waals surface area contributed by atoms with Gasteiger partial charge in [0.05, 0.1) is 12.0 Å². The van der Waals surface area contributed by atoms with E-state index in [0.29, 0.717) is 24.0 Å². The number of esters is 1. The van der Waals surface area contributed by atoms with Crippen molar-refractivity contribution in [1.29, 1.82) is 0 Å². The van der Waals surface area contributed by atoms with E-state index in [-0.39, 0.29) is 5.70 Å². The van der Waals surface area contributed by atoms with Crippen molar-refractivity contribution in [3.8, 4) is 11.5 Å². The molecule has 0 unspecified atom stereocenters. The molecule has 0 N–H and O–H groups in total. The average molecular weight is 405 g/mol. The molecule has 1 aromatic heterocycles. The van der Waals surface area contributed by atoms with E-state index in [9.17, 15) is 4.79 Å². The van der Waals surface area contributed by atoms with Crippen LogP contribution in [0.2, 0.25) is 0 Å². The lowest BCUT2D eigenvalue weighted by Gasteiger charge is -2.12. The third-order valence-electron chi connectivity index (χ3n) is 4.49. The molecule has 29 heavy (non-hydrogen) atoms. The highest BCUT2D eigenvalue weighted by Gasteiger charge is 2.24. The van der Waals surface area contributed by atoms with Crippen LogP contribution in [0.5, 0.6) is 11.5 Å². The molecular weight excluding hydrogens is 386 g/mol. The van der Waals surface area contributed by atoms with Gasteiger partial charge in [-0.3, -0.25) is 0 Å². The second-order valence-electron chi connectivity index (χ2n) is 6.44. The first-order chi connectivity index (χ1) is 14.1. The third kappa shape index (κ3) is 4.22. The zero-order valence-corrected chi connectivity index (χ0v) is 16.9. The maximum atomic E-state index is 12.2. The van der Waals surface area contributed by atoms with Crippen LogP contribution in [-0.4, -0.2) is 19.0 Å². The summed E-state index contributed by atoms with van der Waals surface area (Å²) in [4.78, 5) is 17.3. The van der Waals surface area contributed by atoms with Crippen LogP contribution in [-0.2, 0) is 16.1 Å². The van der Waals surface area contributed by atoms with Gasteiger partial charge in [-0.1, -0.05) is 36.4 Å². The molecule has 0 fully saturated rings. The lowest BCUT2D eigenvalue weighted by atomic mass is 10.1. The molecule has 5 nitrogen and oxygen atoms in total. The van der Waals surface area contributed by atoms with Gasteiger partial charge in [0, 0.05) is 0 Å². The minimum absolute atomic E-state index is 0.253. The summed E-state index contributed by atoms with van der Waals surface area (Å²) in [5, 5.41) is 1.91. The Morgan fingerprint density at radius 1 is 1.10 bits per heavy atom. The molecule has 4 rings (SSSR count). The number of nitrogens with zero attached hydrogens (tertiary/aromatic N) is 1. The number of rotatable bonds is 6. The van der Waals surface area contributed by atoms with Crippen LogP contribution in [0.25, 0.3) is 6.08 Å². The molecule has 146 valence electrons. The molecule has 0 aliphatic carbocycles. The van der Waals surface area contributed by atoms with Crippen LogP contribution < -0.4 is 9.47 Å². The number of methoxy groups -OCH3 is 1. The summed E-state index contributed by atoms with van der Waals surface area (Å²) in [6.45, 7) is 2.47. The lowest BCUT2D eigenvalue weighted by Crippen LogP contribution is -2.03. The number of hydrogen-bond donors (Lipinski definition) is 0. The molecule has 0 saturated heterocycles. The average Bonchev–Trinajstić information content (AvgIpc) is 3.38. The standard InChI is InChI=1S/C23H19NO4S/c1-15-6-3-4-7-17(15)14-27-20-13-16(9-10-19(20)26-2)12-18-23(25)28-22(24-18)21-8-5-11-29-21/h3-13H,14H2,1-2H3/b18-12+. The Balaban J connectivity index is 1.58. The van der Waals surface area contributed by atoms with Crippen molar-refractivity contribution in [2.24, 2.45) is 4.99 Å². The first-order valence-electron chi connectivity index (χ1n) is 9.06. The molecule has 0 atom stereocenters. The molecule has 3 aromatic rings. The SMILES string of the molecule is COc1ccc(/C=C2/N=C(c3cccs3)OC2=O)cc1OCc1ccccc1C. The largest absolute Gasteiger partial charge is 0.493 e. The molecule has 0 saturated carbocycles. The Morgan fingerprint density at radius 3 is 2.72 bits per heavy atom. The zero-order valence-electron chi connectivity index (χ0n) is 16.0. The zero-order chi connectivity index (χ0) is 20.2. The quantitative estimate of drug-likeness (QED) is 0.428. The van der Waals surface area contributed by atoms with Gasteiger partial charge in [0.1, 0.15) is 6.61 Å². The van der Waals surface area contributed by atoms with Crippen molar-refractivity contribution in [2.45, 2.75) is 13.5 Å². The molecule has 1 aliphatic heterocycles. The van der Waals surface area contributed by atoms with Crippen LogP contribution in [0.1, 0.15) is 21.6 Å². The summed E-state index contributed by atoms with van der Waals surface area (Å²) < 4.78 is 16.7. The molecule has 0 radical (unpaired) electrons. The topological polar surface area (TPSA) is 57.1 Å². The van der Waals surface area contributed by atoms with Crippen LogP contribution in [0.15, 0.2) is 70.7 Å². The summed E-state index contributed by atoms with van der Waals surface area (Å²) in [7, 11) is 1.60. The van der Waals surface area contributed by atoms with Crippen molar-refractivity contribution < 1.29 is 19.0 Å². The first kappa shape index (κ1) is 19.0. The number of cyclic esters (lactones) is 1. The minimum atomic E-state index is -0.466. The van der Waals surface area contributed by atoms with Gasteiger partial charge in [-0.25, -0.2) is 9.79 Å². The van der Waals surface area contributed by atoms with E-state index in [1.165, 1.54) is 11.3 Å². The van der Waals surface area contributed by atoms with Gasteiger partial charge in [-0.2, -0.15) is 0 Å². The number of benzene rings is 2. The monoisotopic (exact) mass is 405 g/mol. The Hall–Kier alpha value is -3.38. The highest BCUT2D eigenvalue weighted by molar-refractivity contribution is 7.12. The fourth-order valence-corrected chi connectivity index (χ4v) is 3.55. The Labute approximate surface area is 172 Å². The fourth-order valence-electron chi connectivity index (χ4n) is 2.90. The molecule has 0 bridgehead atoms. The number of carbonyl (C=O) groups excluding carboxylic acids is 1. The fraction of sp³-hybridized carbons (Fsp3) is 0.130. The summed E-state index contributed by atoms with van der Waals surface area (Å²) in [6.07, 6.45) is 1.68. The van der Waals surface area contributed by atoms with Gasteiger partial charge in [0.15, 0.2) is 17.2 Å². The Morgan fingerprint density at radius 2 is 1.97 bits per heavy atom. The molecule has 0 spiro atoms. The lowest BCUT2D eigenvalue weighted by molar-refractivity contribution is -0.129. The van der Waals surface area contributed by atoms with E-state index >= 15 is 0 Å². The van der Waals surface area contributed by atoms with Gasteiger partial charge in [-0.05, 0) is 53.3 Å². The normalized spacial score (nSPS) is 14.6. The van der Waals surface area contributed by atoms with E-state index in [0.717, 1.165) is 21.6 Å². The molecule has 6 heteroatoms. The summed E-state index contributed by atoms with van der Waals surface area (Å²) >= 11 is 1.47. The number of aryl methyl sites for hydroxylation is 1. The molecule has 0 amide bonds. The third-order valence-corrected chi connectivity index (χ3v) is 5.35. The molecule has 2 heterocycles. The van der Waals surface area contributed by atoms with Gasteiger partial charge in [0.2, 0.25) is 5.90 Å². The minimum Gasteiger partial charge on any atom is -0.493 e. The molecule has 2 aromatic carbocycles. The summed E-state index contributed by atoms with van der Waals surface area (Å²) in [6, 6.07) is 17.3.